The number of fused-ring (bicyclic) bond motifs is 1. The molecule has 1 aromatic carbocycles. The molecule has 0 spiro atoms. The van der Waals surface area contributed by atoms with E-state index in [2.05, 4.69) is 9.97 Å². The molecule has 2 heterocycles. The predicted octanol–water partition coefficient (Wildman–Crippen LogP) is 2.88. The monoisotopic (exact) mass is 388 g/mol. The Morgan fingerprint density at radius 2 is 2.15 bits per heavy atom. The number of pyridine rings is 1. The Kier molecular flexibility index (Phi) is 4.65. The SMILES string of the molecule is CN(C(=N)N)C(=O)c1cc2c(Cl)ccc(Oc3cc([N+](=O)[O-])ccn3)c2[nH]1. The molecule has 3 rings (SSSR count). The Bertz CT molecular complexity index is 1080. The first-order chi connectivity index (χ1) is 12.8. The largest absolute Gasteiger partial charge is 0.437 e. The van der Waals surface area contributed by atoms with E-state index in [0.29, 0.717) is 15.9 Å². The van der Waals surface area contributed by atoms with Gasteiger partial charge in [-0.2, -0.15) is 0 Å². The van der Waals surface area contributed by atoms with Gasteiger partial charge in [-0.1, -0.05) is 11.6 Å². The van der Waals surface area contributed by atoms with Gasteiger partial charge >= 0.3 is 0 Å². The van der Waals surface area contributed by atoms with E-state index in [1.54, 1.807) is 12.1 Å². The summed E-state index contributed by atoms with van der Waals surface area (Å²) in [5.74, 6) is -0.667. The van der Waals surface area contributed by atoms with Crippen LogP contribution in [0.3, 0.4) is 0 Å². The number of benzene rings is 1. The number of aromatic amines is 1. The molecule has 138 valence electrons. The molecule has 2 aromatic heterocycles. The fourth-order valence-corrected chi connectivity index (χ4v) is 2.54. The molecule has 0 aliphatic carbocycles. The van der Waals surface area contributed by atoms with Gasteiger partial charge in [0.15, 0.2) is 11.7 Å². The summed E-state index contributed by atoms with van der Waals surface area (Å²) in [5.41, 5.74) is 5.70. The van der Waals surface area contributed by atoms with Gasteiger partial charge < -0.3 is 15.5 Å². The molecular formula is C16H13ClN6O4. The van der Waals surface area contributed by atoms with Crippen LogP contribution in [0.1, 0.15) is 10.5 Å². The number of amides is 1. The van der Waals surface area contributed by atoms with E-state index in [1.807, 2.05) is 0 Å². The smallest absolute Gasteiger partial charge is 0.276 e. The number of carbonyl (C=O) groups excluding carboxylic acids is 1. The van der Waals surface area contributed by atoms with Crippen LogP contribution in [0.4, 0.5) is 5.69 Å². The van der Waals surface area contributed by atoms with Crippen molar-refractivity contribution in [3.05, 3.63) is 57.4 Å². The summed E-state index contributed by atoms with van der Waals surface area (Å²) >= 11 is 6.19. The zero-order chi connectivity index (χ0) is 19.7. The third kappa shape index (κ3) is 3.51. The van der Waals surface area contributed by atoms with Crippen LogP contribution in [0.25, 0.3) is 10.9 Å². The number of H-pyrrole nitrogens is 1. The molecule has 3 aromatic rings. The molecule has 0 bridgehead atoms. The molecule has 10 nitrogen and oxygen atoms in total. The van der Waals surface area contributed by atoms with Crippen LogP contribution in [0.15, 0.2) is 36.5 Å². The van der Waals surface area contributed by atoms with Crippen LogP contribution >= 0.6 is 11.6 Å². The molecule has 1 amide bonds. The van der Waals surface area contributed by atoms with Crippen molar-refractivity contribution in [2.24, 2.45) is 5.73 Å². The highest BCUT2D eigenvalue weighted by Gasteiger charge is 2.19. The number of aromatic nitrogens is 2. The third-order valence-electron chi connectivity index (χ3n) is 3.74. The first-order valence-electron chi connectivity index (χ1n) is 7.49. The summed E-state index contributed by atoms with van der Waals surface area (Å²) in [6, 6.07) is 7.04. The van der Waals surface area contributed by atoms with Gasteiger partial charge in [-0.05, 0) is 18.2 Å². The Hall–Kier alpha value is -3.66. The summed E-state index contributed by atoms with van der Waals surface area (Å²) in [4.78, 5) is 30.5. The zero-order valence-corrected chi connectivity index (χ0v) is 14.6. The first-order valence-corrected chi connectivity index (χ1v) is 7.87. The minimum atomic E-state index is -0.561. The molecule has 0 saturated heterocycles. The molecule has 0 aliphatic heterocycles. The topological polar surface area (TPSA) is 151 Å². The second-order valence-electron chi connectivity index (χ2n) is 5.48. The summed E-state index contributed by atoms with van der Waals surface area (Å²) in [5, 5.41) is 19.1. The normalized spacial score (nSPS) is 10.6. The highest BCUT2D eigenvalue weighted by atomic mass is 35.5. The summed E-state index contributed by atoms with van der Waals surface area (Å²) < 4.78 is 5.64. The number of halogens is 1. The lowest BCUT2D eigenvalue weighted by molar-refractivity contribution is -0.385. The Morgan fingerprint density at radius 3 is 2.81 bits per heavy atom. The number of hydrogen-bond acceptors (Lipinski definition) is 6. The Balaban J connectivity index is 2.03. The zero-order valence-electron chi connectivity index (χ0n) is 13.9. The summed E-state index contributed by atoms with van der Waals surface area (Å²) in [6.45, 7) is 0. The number of carbonyl (C=O) groups is 1. The van der Waals surface area contributed by atoms with E-state index in [0.717, 1.165) is 4.90 Å². The highest BCUT2D eigenvalue weighted by molar-refractivity contribution is 6.35. The summed E-state index contributed by atoms with van der Waals surface area (Å²) in [6.07, 6.45) is 1.26. The van der Waals surface area contributed by atoms with Crippen LogP contribution in [0.5, 0.6) is 11.6 Å². The molecule has 11 heteroatoms. The van der Waals surface area contributed by atoms with Gasteiger partial charge in [0, 0.05) is 24.7 Å². The average molecular weight is 389 g/mol. The van der Waals surface area contributed by atoms with Gasteiger partial charge in [0.2, 0.25) is 5.88 Å². The van der Waals surface area contributed by atoms with Gasteiger partial charge in [0.1, 0.15) is 5.69 Å². The average Bonchev–Trinajstić information content (AvgIpc) is 3.09. The minimum Gasteiger partial charge on any atom is -0.437 e. The maximum atomic E-state index is 12.4. The molecule has 27 heavy (non-hydrogen) atoms. The second kappa shape index (κ2) is 6.92. The van der Waals surface area contributed by atoms with Crippen molar-refractivity contribution in [3.8, 4) is 11.6 Å². The maximum Gasteiger partial charge on any atom is 0.276 e. The quantitative estimate of drug-likeness (QED) is 0.270. The lowest BCUT2D eigenvalue weighted by Gasteiger charge is -2.12. The number of guanidine groups is 1. The highest BCUT2D eigenvalue weighted by Crippen LogP contribution is 2.34. The standard InChI is InChI=1S/C16H13ClN6O4/c1-22(16(18)19)15(24)11-7-9-10(17)2-3-12(14(9)21-11)27-13-6-8(23(25)26)4-5-20-13/h2-7,21H,1H3,(H3,18,19). The number of nitro groups is 1. The number of nitrogens with zero attached hydrogens (tertiary/aromatic N) is 3. The van der Waals surface area contributed by atoms with Gasteiger partial charge in [0.25, 0.3) is 11.6 Å². The van der Waals surface area contributed by atoms with Crippen molar-refractivity contribution in [2.45, 2.75) is 0 Å². The van der Waals surface area contributed by atoms with Gasteiger partial charge in [-0.15, -0.1) is 0 Å². The van der Waals surface area contributed by atoms with E-state index in [-0.39, 0.29) is 23.0 Å². The van der Waals surface area contributed by atoms with Crippen LogP contribution < -0.4 is 10.5 Å². The molecular weight excluding hydrogens is 376 g/mol. The van der Waals surface area contributed by atoms with E-state index >= 15 is 0 Å². The number of rotatable bonds is 4. The maximum absolute atomic E-state index is 12.4. The fraction of sp³-hybridized carbons (Fsp3) is 0.0625. The first kappa shape index (κ1) is 18.1. The van der Waals surface area contributed by atoms with Gasteiger partial charge in [0.05, 0.1) is 21.5 Å². The van der Waals surface area contributed by atoms with Crippen molar-refractivity contribution >= 4 is 40.1 Å². The van der Waals surface area contributed by atoms with Crippen molar-refractivity contribution in [2.75, 3.05) is 7.05 Å². The van der Waals surface area contributed by atoms with Crippen molar-refractivity contribution in [1.82, 2.24) is 14.9 Å². The summed E-state index contributed by atoms with van der Waals surface area (Å²) in [7, 11) is 1.36. The number of hydrogen-bond donors (Lipinski definition) is 3. The second-order valence-corrected chi connectivity index (χ2v) is 5.89. The molecule has 0 saturated carbocycles. The van der Waals surface area contributed by atoms with E-state index < -0.39 is 16.8 Å². The minimum absolute atomic E-state index is 0.0103. The number of nitrogens with two attached hydrogens (primary N) is 1. The van der Waals surface area contributed by atoms with E-state index in [9.17, 15) is 14.9 Å². The van der Waals surface area contributed by atoms with Crippen LogP contribution in [0.2, 0.25) is 5.02 Å². The van der Waals surface area contributed by atoms with Crippen LogP contribution in [-0.2, 0) is 0 Å². The van der Waals surface area contributed by atoms with E-state index in [1.165, 1.54) is 31.4 Å². The molecule has 0 atom stereocenters. The van der Waals surface area contributed by atoms with Crippen molar-refractivity contribution in [3.63, 3.8) is 0 Å². The van der Waals surface area contributed by atoms with E-state index in [4.69, 9.17) is 27.5 Å². The van der Waals surface area contributed by atoms with Crippen molar-refractivity contribution < 1.29 is 14.5 Å². The number of ether oxygens (including phenoxy) is 1. The molecule has 0 unspecified atom stereocenters. The van der Waals surface area contributed by atoms with Gasteiger partial charge in [-0.3, -0.25) is 25.2 Å². The van der Waals surface area contributed by atoms with Gasteiger partial charge in [-0.25, -0.2) is 4.98 Å². The molecule has 0 radical (unpaired) electrons. The fourth-order valence-electron chi connectivity index (χ4n) is 2.33. The third-order valence-corrected chi connectivity index (χ3v) is 4.07. The van der Waals surface area contributed by atoms with Crippen molar-refractivity contribution in [1.29, 1.82) is 5.41 Å². The molecule has 4 N–H and O–H groups in total. The number of nitrogens with one attached hydrogen (secondary N) is 2. The molecule has 0 aliphatic rings. The van der Waals surface area contributed by atoms with Crippen LogP contribution in [0, 0.1) is 15.5 Å². The lowest BCUT2D eigenvalue weighted by atomic mass is 10.2. The Labute approximate surface area is 157 Å². The van der Waals surface area contributed by atoms with Crippen LogP contribution in [-0.4, -0.2) is 38.7 Å². The lowest BCUT2D eigenvalue weighted by Crippen LogP contribution is -2.38. The Morgan fingerprint density at radius 1 is 1.41 bits per heavy atom. The predicted molar refractivity (Wildman–Crippen MR) is 98.3 cm³/mol. The molecule has 0 fully saturated rings.